The minimum Gasteiger partial charge on any atom is -0.493 e. The van der Waals surface area contributed by atoms with Crippen molar-refractivity contribution in [1.82, 2.24) is 10.2 Å². The summed E-state index contributed by atoms with van der Waals surface area (Å²) in [5.41, 5.74) is 7.22. The lowest BCUT2D eigenvalue weighted by Crippen LogP contribution is -2.34. The molecule has 0 aromatic heterocycles. The fraction of sp³-hybridized carbons (Fsp3) is 0.537. The average Bonchev–Trinajstić information content (AvgIpc) is 3.82. The maximum absolute atomic E-state index is 11.7. The maximum Gasteiger partial charge on any atom is 0.142 e. The van der Waals surface area contributed by atoms with Gasteiger partial charge in [0.05, 0.1) is 18.2 Å². The van der Waals surface area contributed by atoms with Crippen LogP contribution in [0, 0.1) is 18.8 Å². The molecule has 1 saturated carbocycles. The zero-order chi connectivity index (χ0) is 33.6. The largest absolute Gasteiger partial charge is 0.493 e. The lowest BCUT2D eigenvalue weighted by molar-refractivity contribution is -0.117. The number of halogens is 1. The van der Waals surface area contributed by atoms with E-state index >= 15 is 0 Å². The molecule has 3 aliphatic rings. The Balaban J connectivity index is 1.12. The number of benzene rings is 3. The van der Waals surface area contributed by atoms with E-state index in [0.29, 0.717) is 60.4 Å². The summed E-state index contributed by atoms with van der Waals surface area (Å²) in [5, 5.41) is 4.10. The van der Waals surface area contributed by atoms with Crippen molar-refractivity contribution in [3.05, 3.63) is 75.8 Å². The average molecular weight is 673 g/mol. The fourth-order valence-corrected chi connectivity index (χ4v) is 8.34. The van der Waals surface area contributed by atoms with Gasteiger partial charge in [-0.1, -0.05) is 55.8 Å². The van der Waals surface area contributed by atoms with Crippen LogP contribution in [0.1, 0.15) is 94.1 Å². The monoisotopic (exact) mass is 672 g/mol. The predicted molar refractivity (Wildman–Crippen MR) is 195 cm³/mol. The molecule has 0 unspecified atom stereocenters. The highest BCUT2D eigenvalue weighted by Gasteiger charge is 2.29. The molecule has 1 saturated heterocycles. The number of nitrogens with one attached hydrogen (secondary N) is 1. The molecular weight excluding hydrogens is 620 g/mol. The van der Waals surface area contributed by atoms with Gasteiger partial charge in [-0.05, 0) is 117 Å². The highest BCUT2D eigenvalue weighted by molar-refractivity contribution is 6.32. The molecule has 6 nitrogen and oxygen atoms in total. The molecule has 0 radical (unpaired) electrons. The zero-order valence-corrected chi connectivity index (χ0v) is 30.0. The second kappa shape index (κ2) is 16.1. The smallest absolute Gasteiger partial charge is 0.142 e. The minimum absolute atomic E-state index is 0.0872. The molecule has 0 amide bonds. The second-order valence-electron chi connectivity index (χ2n) is 14.2. The van der Waals surface area contributed by atoms with Crippen molar-refractivity contribution in [3.63, 3.8) is 0 Å². The van der Waals surface area contributed by atoms with Crippen LogP contribution >= 0.6 is 11.6 Å². The van der Waals surface area contributed by atoms with Crippen LogP contribution in [0.25, 0.3) is 11.1 Å². The van der Waals surface area contributed by atoms with E-state index in [-0.39, 0.29) is 6.10 Å². The number of Topliss-reactive ketones (excluding diaryl/α,β-unsaturated/α-hetero) is 1. The Bertz CT molecular complexity index is 1570. The van der Waals surface area contributed by atoms with Crippen molar-refractivity contribution >= 4 is 17.4 Å². The first-order valence-corrected chi connectivity index (χ1v) is 18.6. The summed E-state index contributed by atoms with van der Waals surface area (Å²) in [6.45, 7) is 13.9. The van der Waals surface area contributed by atoms with Crippen molar-refractivity contribution in [3.8, 4) is 28.4 Å². The lowest BCUT2D eigenvalue weighted by atomic mass is 9.93. The van der Waals surface area contributed by atoms with Gasteiger partial charge >= 0.3 is 0 Å². The van der Waals surface area contributed by atoms with E-state index in [2.05, 4.69) is 67.4 Å². The van der Waals surface area contributed by atoms with Crippen LogP contribution in [0.3, 0.4) is 0 Å². The minimum atomic E-state index is -0.0872. The summed E-state index contributed by atoms with van der Waals surface area (Å²) in [5.74, 6) is 3.90. The van der Waals surface area contributed by atoms with Crippen molar-refractivity contribution < 1.29 is 19.0 Å². The van der Waals surface area contributed by atoms with Crippen LogP contribution in [0.4, 0.5) is 0 Å². The molecule has 3 aromatic carbocycles. The van der Waals surface area contributed by atoms with Gasteiger partial charge < -0.3 is 24.4 Å². The first-order valence-electron chi connectivity index (χ1n) is 18.2. The van der Waals surface area contributed by atoms with Gasteiger partial charge in [-0.2, -0.15) is 0 Å². The van der Waals surface area contributed by atoms with E-state index in [0.717, 1.165) is 62.4 Å². The second-order valence-corrected chi connectivity index (χ2v) is 14.6. The molecule has 7 heteroatoms. The number of ether oxygens (including phenoxy) is 3. The number of hydrogen-bond donors (Lipinski definition) is 1. The van der Waals surface area contributed by atoms with Crippen molar-refractivity contribution in [1.29, 1.82) is 0 Å². The number of rotatable bonds is 15. The molecule has 258 valence electrons. The van der Waals surface area contributed by atoms with Gasteiger partial charge in [0.2, 0.25) is 0 Å². The molecule has 1 aliphatic heterocycles. The molecule has 0 spiro atoms. The van der Waals surface area contributed by atoms with E-state index < -0.39 is 0 Å². The quantitative estimate of drug-likeness (QED) is 0.163. The van der Waals surface area contributed by atoms with Gasteiger partial charge in [0.1, 0.15) is 29.1 Å². The van der Waals surface area contributed by atoms with E-state index in [9.17, 15) is 4.79 Å². The van der Waals surface area contributed by atoms with Crippen LogP contribution < -0.4 is 19.5 Å². The Labute approximate surface area is 292 Å². The standard InChI is InChI=1S/C41H53ClN2O4/c1-5-46-40-24-41(36(42)23-30(40)26-43-25-29-15-16-31(45)22-29)48-39-18-17-34-33(11-6-12-35(34)39)32-10-7-14-38(28(32)4)47-21-9-20-44-19-8-13-37(44)27(2)3/h6-7,10-12,14,23-24,27,29,37,39,43H,5,8-9,13,15-22,25-26H2,1-4H3/t29-,37+,39+/m1/s1. The molecule has 3 aromatic rings. The first-order chi connectivity index (χ1) is 23.3. The maximum atomic E-state index is 11.7. The van der Waals surface area contributed by atoms with Crippen molar-refractivity contribution in [2.45, 2.75) is 97.8 Å². The highest BCUT2D eigenvalue weighted by Crippen LogP contribution is 2.44. The molecule has 1 N–H and O–H groups in total. The number of carbonyl (C=O) groups excluding carboxylic acids is 1. The molecule has 6 rings (SSSR count). The van der Waals surface area contributed by atoms with Crippen LogP contribution in [0.5, 0.6) is 17.2 Å². The number of likely N-dealkylation sites (tertiary alicyclic amines) is 1. The van der Waals surface area contributed by atoms with Crippen LogP contribution in [0.15, 0.2) is 48.5 Å². The molecule has 1 heterocycles. The molecule has 0 bridgehead atoms. The van der Waals surface area contributed by atoms with Crippen LogP contribution in [0.2, 0.25) is 5.02 Å². The number of fused-ring (bicyclic) bond motifs is 1. The number of hydrogen-bond acceptors (Lipinski definition) is 6. The van der Waals surface area contributed by atoms with E-state index in [1.165, 1.54) is 47.2 Å². The summed E-state index contributed by atoms with van der Waals surface area (Å²) in [4.78, 5) is 14.3. The van der Waals surface area contributed by atoms with Crippen molar-refractivity contribution in [2.24, 2.45) is 11.8 Å². The third kappa shape index (κ3) is 8.04. The summed E-state index contributed by atoms with van der Waals surface area (Å²) in [6.07, 6.45) is 7.78. The van der Waals surface area contributed by atoms with Gasteiger partial charge in [-0.25, -0.2) is 0 Å². The van der Waals surface area contributed by atoms with Gasteiger partial charge in [0, 0.05) is 43.6 Å². The summed E-state index contributed by atoms with van der Waals surface area (Å²) in [6, 6.07) is 17.6. The van der Waals surface area contributed by atoms with Crippen LogP contribution in [-0.2, 0) is 17.8 Å². The van der Waals surface area contributed by atoms with Gasteiger partial charge in [0.15, 0.2) is 0 Å². The fourth-order valence-electron chi connectivity index (χ4n) is 8.11. The Morgan fingerprint density at radius 3 is 2.60 bits per heavy atom. The molecule has 48 heavy (non-hydrogen) atoms. The molecule has 2 fully saturated rings. The van der Waals surface area contributed by atoms with E-state index in [1.54, 1.807) is 0 Å². The number of ketones is 1. The van der Waals surface area contributed by atoms with Crippen molar-refractivity contribution in [2.75, 3.05) is 32.8 Å². The Hall–Kier alpha value is -3.06. The van der Waals surface area contributed by atoms with Gasteiger partial charge in [-0.3, -0.25) is 4.79 Å². The molecular formula is C41H53ClN2O4. The van der Waals surface area contributed by atoms with Gasteiger partial charge in [-0.15, -0.1) is 0 Å². The molecule has 2 aliphatic carbocycles. The lowest BCUT2D eigenvalue weighted by Gasteiger charge is -2.27. The Morgan fingerprint density at radius 2 is 1.81 bits per heavy atom. The Morgan fingerprint density at radius 1 is 0.979 bits per heavy atom. The zero-order valence-electron chi connectivity index (χ0n) is 29.3. The normalized spacial score (nSPS) is 20.9. The SMILES string of the molecule is CCOc1cc(O[C@H]2CCc3c(-c4cccc(OCCCN5CCC[C@H]5C(C)C)c4C)cccc32)c(Cl)cc1CNC[C@@H]1CCC(=O)C1. The third-order valence-electron chi connectivity index (χ3n) is 10.6. The summed E-state index contributed by atoms with van der Waals surface area (Å²) in [7, 11) is 0. The number of carbonyl (C=O) groups is 1. The predicted octanol–water partition coefficient (Wildman–Crippen LogP) is 9.13. The highest BCUT2D eigenvalue weighted by atomic mass is 35.5. The van der Waals surface area contributed by atoms with Crippen LogP contribution in [-0.4, -0.2) is 49.6 Å². The molecule has 3 atom stereocenters. The van der Waals surface area contributed by atoms with E-state index in [1.807, 2.05) is 19.1 Å². The summed E-state index contributed by atoms with van der Waals surface area (Å²) < 4.78 is 19.1. The van der Waals surface area contributed by atoms with Gasteiger partial charge in [0.25, 0.3) is 0 Å². The Kier molecular flexibility index (Phi) is 11.7. The third-order valence-corrected chi connectivity index (χ3v) is 10.9. The van der Waals surface area contributed by atoms with E-state index in [4.69, 9.17) is 25.8 Å². The number of nitrogens with zero attached hydrogens (tertiary/aromatic N) is 1. The topological polar surface area (TPSA) is 60.0 Å². The summed E-state index contributed by atoms with van der Waals surface area (Å²) >= 11 is 6.84. The first kappa shape index (κ1) is 34.8.